The van der Waals surface area contributed by atoms with Gasteiger partial charge >= 0.3 is 17.9 Å². The van der Waals surface area contributed by atoms with Gasteiger partial charge in [0.15, 0.2) is 0 Å². The van der Waals surface area contributed by atoms with Crippen LogP contribution in [0.15, 0.2) is 30.3 Å². The highest BCUT2D eigenvalue weighted by Gasteiger charge is 2.39. The number of carbonyl (C=O) groups is 11. The van der Waals surface area contributed by atoms with E-state index in [1.54, 1.807) is 44.2 Å². The summed E-state index contributed by atoms with van der Waals surface area (Å²) in [5, 5.41) is 52.1. The van der Waals surface area contributed by atoms with E-state index in [1.807, 2.05) is 0 Å². The van der Waals surface area contributed by atoms with Crippen LogP contribution in [0.3, 0.4) is 0 Å². The van der Waals surface area contributed by atoms with Crippen molar-refractivity contribution in [2.24, 2.45) is 17.4 Å². The molecule has 1 heterocycles. The lowest BCUT2D eigenvalue weighted by Gasteiger charge is -2.28. The van der Waals surface area contributed by atoms with E-state index in [2.05, 4.69) is 31.9 Å². The number of benzene rings is 1. The van der Waals surface area contributed by atoms with E-state index in [1.165, 1.54) is 0 Å². The first kappa shape index (κ1) is 51.5. The zero-order valence-electron chi connectivity index (χ0n) is 34.2. The summed E-state index contributed by atoms with van der Waals surface area (Å²) in [6, 6.07) is -2.40. The maximum Gasteiger partial charge on any atom is 0.326 e. The van der Waals surface area contributed by atoms with Gasteiger partial charge in [0.2, 0.25) is 47.3 Å². The Bertz CT molecular complexity index is 1810. The number of carboxylic acids is 3. The van der Waals surface area contributed by atoms with Crippen molar-refractivity contribution in [2.45, 2.75) is 108 Å². The summed E-state index contributed by atoms with van der Waals surface area (Å²) in [5.74, 6) is -12.3. The maximum absolute atomic E-state index is 13.7. The molecule has 14 N–H and O–H groups in total. The van der Waals surface area contributed by atoms with Crippen molar-refractivity contribution < 1.29 is 73.2 Å². The average Bonchev–Trinajstić information content (AvgIpc) is 3.70. The lowest BCUT2D eigenvalue weighted by atomic mass is 10.0. The average molecular weight is 878 g/mol. The van der Waals surface area contributed by atoms with Crippen molar-refractivity contribution in [2.75, 3.05) is 19.7 Å². The van der Waals surface area contributed by atoms with Crippen molar-refractivity contribution in [1.29, 1.82) is 0 Å². The molecule has 1 aromatic rings. The predicted octanol–water partition coefficient (Wildman–Crippen LogP) is -4.57. The number of nitrogens with zero attached hydrogens (tertiary/aromatic N) is 1. The van der Waals surface area contributed by atoms with Gasteiger partial charge in [0, 0.05) is 19.4 Å². The summed E-state index contributed by atoms with van der Waals surface area (Å²) >= 11 is 0. The largest absolute Gasteiger partial charge is 0.481 e. The molecule has 1 aliphatic heterocycles. The Morgan fingerprint density at radius 3 is 1.87 bits per heavy atom. The monoisotopic (exact) mass is 877 g/mol. The third-order valence-electron chi connectivity index (χ3n) is 9.37. The third-order valence-corrected chi connectivity index (χ3v) is 9.37. The maximum atomic E-state index is 13.7. The molecule has 0 bridgehead atoms. The molecule has 7 atom stereocenters. The topological polar surface area (TPSA) is 396 Å². The molecule has 1 saturated heterocycles. The van der Waals surface area contributed by atoms with Gasteiger partial charge in [0.05, 0.1) is 32.0 Å². The molecule has 1 fully saturated rings. The number of likely N-dealkylation sites (tertiary alicyclic amines) is 1. The Hall–Kier alpha value is -6.69. The van der Waals surface area contributed by atoms with Gasteiger partial charge in [-0.15, -0.1) is 0 Å². The summed E-state index contributed by atoms with van der Waals surface area (Å²) in [4.78, 5) is 139. The van der Waals surface area contributed by atoms with Crippen molar-refractivity contribution in [3.8, 4) is 0 Å². The second-order valence-corrected chi connectivity index (χ2v) is 14.9. The van der Waals surface area contributed by atoms with Gasteiger partial charge in [-0.25, -0.2) is 4.79 Å². The van der Waals surface area contributed by atoms with E-state index in [0.29, 0.717) is 12.0 Å². The molecule has 0 spiro atoms. The number of rotatable bonds is 26. The van der Waals surface area contributed by atoms with E-state index in [4.69, 9.17) is 16.6 Å². The third kappa shape index (κ3) is 17.5. The predicted molar refractivity (Wildman–Crippen MR) is 213 cm³/mol. The number of carbonyl (C=O) groups excluding carboxylic acids is 8. The number of primary amides is 1. The molecule has 0 aromatic heterocycles. The van der Waals surface area contributed by atoms with Crippen LogP contribution in [0.4, 0.5) is 0 Å². The van der Waals surface area contributed by atoms with E-state index >= 15 is 0 Å². The zero-order chi connectivity index (χ0) is 46.7. The van der Waals surface area contributed by atoms with Crippen LogP contribution in [0.25, 0.3) is 0 Å². The van der Waals surface area contributed by atoms with Crippen LogP contribution in [0.2, 0.25) is 0 Å². The summed E-state index contributed by atoms with van der Waals surface area (Å²) in [7, 11) is 0. The summed E-state index contributed by atoms with van der Waals surface area (Å²) in [5.41, 5.74) is 11.2. The smallest absolute Gasteiger partial charge is 0.326 e. The lowest BCUT2D eigenvalue weighted by molar-refractivity contribution is -0.150. The molecule has 342 valence electrons. The standard InChI is InChI=1S/C38H55N9O15/c1-19(2)13-23(44-34(57)22(10-11-30(51)52)43-32(55)21(39)15-28(40)49)33(56)41-17-29(50)42-26(18-48)36(59)45-24(14-20-7-4-3-5-8-20)35(58)46-25(16-31(53)54)37(60)47-12-6-9-27(47)38(61)62/h3-5,7-8,19,21-27,48H,6,9-18,39H2,1-2H3,(H2,40,49)(H,41,56)(H,42,50)(H,43,55)(H,44,57)(H,45,59)(H,46,58)(H,51,52)(H,53,54)(H,61,62)/t21-,22-,23-,24-,25-,26-,27-/m0/s1. The fraction of sp³-hybridized carbons (Fsp3) is 0.553. The van der Waals surface area contributed by atoms with Crippen LogP contribution in [0, 0.1) is 5.92 Å². The van der Waals surface area contributed by atoms with Crippen LogP contribution in [0.5, 0.6) is 0 Å². The first-order valence-corrected chi connectivity index (χ1v) is 19.6. The molecule has 8 amide bonds. The van der Waals surface area contributed by atoms with Crippen LogP contribution in [0.1, 0.15) is 64.4 Å². The highest BCUT2D eigenvalue weighted by atomic mass is 16.4. The highest BCUT2D eigenvalue weighted by molar-refractivity contribution is 5.98. The summed E-state index contributed by atoms with van der Waals surface area (Å²) in [6.45, 7) is 1.58. The minimum atomic E-state index is -1.73. The fourth-order valence-electron chi connectivity index (χ4n) is 6.30. The van der Waals surface area contributed by atoms with E-state index < -0.39 is 146 Å². The molecule has 0 saturated carbocycles. The number of nitrogens with two attached hydrogens (primary N) is 2. The lowest BCUT2D eigenvalue weighted by Crippen LogP contribution is -2.59. The first-order valence-electron chi connectivity index (χ1n) is 19.6. The van der Waals surface area contributed by atoms with Crippen molar-refractivity contribution in [3.05, 3.63) is 35.9 Å². The Morgan fingerprint density at radius 2 is 1.31 bits per heavy atom. The van der Waals surface area contributed by atoms with Gasteiger partial charge < -0.3 is 68.7 Å². The zero-order valence-corrected chi connectivity index (χ0v) is 34.2. The Kier molecular flexibility index (Phi) is 20.9. The highest BCUT2D eigenvalue weighted by Crippen LogP contribution is 2.19. The molecular formula is C38H55N9O15. The fourth-order valence-corrected chi connectivity index (χ4v) is 6.30. The number of aliphatic carboxylic acids is 3. The minimum absolute atomic E-state index is 0.00240. The molecule has 24 heteroatoms. The Morgan fingerprint density at radius 1 is 0.726 bits per heavy atom. The van der Waals surface area contributed by atoms with Crippen LogP contribution in [-0.2, 0) is 59.2 Å². The summed E-state index contributed by atoms with van der Waals surface area (Å²) < 4.78 is 0. The second-order valence-electron chi connectivity index (χ2n) is 14.9. The van der Waals surface area contributed by atoms with Gasteiger partial charge in [-0.2, -0.15) is 0 Å². The molecule has 62 heavy (non-hydrogen) atoms. The number of hydrogen-bond donors (Lipinski definition) is 12. The molecular weight excluding hydrogens is 822 g/mol. The molecule has 0 unspecified atom stereocenters. The first-order chi connectivity index (χ1) is 29.1. The molecule has 2 rings (SSSR count). The number of amides is 8. The number of nitrogens with one attached hydrogen (secondary N) is 6. The molecule has 1 aliphatic rings. The van der Waals surface area contributed by atoms with Crippen molar-refractivity contribution >= 4 is 65.2 Å². The van der Waals surface area contributed by atoms with Crippen LogP contribution < -0.4 is 43.4 Å². The summed E-state index contributed by atoms with van der Waals surface area (Å²) in [6.07, 6.45) is -2.30. The molecule has 0 radical (unpaired) electrons. The molecule has 1 aromatic carbocycles. The normalized spacial score (nSPS) is 16.3. The van der Waals surface area contributed by atoms with Crippen LogP contribution in [-0.4, -0.2) is 152 Å². The Balaban J connectivity index is 2.19. The van der Waals surface area contributed by atoms with Crippen LogP contribution >= 0.6 is 0 Å². The number of hydrogen-bond acceptors (Lipinski definition) is 13. The minimum Gasteiger partial charge on any atom is -0.481 e. The van der Waals surface area contributed by atoms with E-state index in [-0.39, 0.29) is 31.7 Å². The number of carboxylic acid groups (broad SMARTS) is 3. The quantitative estimate of drug-likeness (QED) is 0.0417. The SMILES string of the molecule is CC(C)C[C@H](NC(=O)[C@H](CCC(=O)O)NC(=O)[C@@H](N)CC(N)=O)C(=O)NCC(=O)N[C@@H](CO)C(=O)N[C@@H](Cc1ccccc1)C(=O)N[C@@H](CC(=O)O)C(=O)N1CCC[C@H]1C(=O)O. The van der Waals surface area contributed by atoms with Gasteiger partial charge in [0.1, 0.15) is 36.3 Å². The number of aliphatic hydroxyl groups is 1. The van der Waals surface area contributed by atoms with Gasteiger partial charge in [0.25, 0.3) is 0 Å². The second kappa shape index (κ2) is 25.2. The molecule has 0 aliphatic carbocycles. The van der Waals surface area contributed by atoms with Gasteiger partial charge in [-0.05, 0) is 37.2 Å². The van der Waals surface area contributed by atoms with Gasteiger partial charge in [-0.1, -0.05) is 44.2 Å². The van der Waals surface area contributed by atoms with Crippen molar-refractivity contribution in [3.63, 3.8) is 0 Å². The van der Waals surface area contributed by atoms with Crippen molar-refractivity contribution in [1.82, 2.24) is 36.8 Å². The van der Waals surface area contributed by atoms with Gasteiger partial charge in [-0.3, -0.25) is 47.9 Å². The Labute approximate surface area is 355 Å². The number of aliphatic hydroxyl groups excluding tert-OH is 1. The molecule has 24 nitrogen and oxygen atoms in total. The van der Waals surface area contributed by atoms with E-state index in [0.717, 1.165) is 4.90 Å². The van der Waals surface area contributed by atoms with E-state index in [9.17, 15) is 68.1 Å².